The topological polar surface area (TPSA) is 23.8 Å². The Balaban J connectivity index is 3.31. The van der Waals surface area contributed by atoms with Crippen molar-refractivity contribution >= 4 is 15.9 Å². The van der Waals surface area contributed by atoms with Crippen molar-refractivity contribution in [1.82, 2.24) is 0 Å². The molecule has 0 unspecified atom stereocenters. The van der Waals surface area contributed by atoms with Crippen LogP contribution in [0.1, 0.15) is 11.1 Å². The lowest BCUT2D eigenvalue weighted by atomic mass is 10.1. The van der Waals surface area contributed by atoms with E-state index >= 15 is 0 Å². The molecule has 1 nitrogen and oxygen atoms in total. The van der Waals surface area contributed by atoms with Crippen LogP contribution in [0.15, 0.2) is 22.7 Å². The van der Waals surface area contributed by atoms with E-state index in [0.29, 0.717) is 0 Å². The van der Waals surface area contributed by atoms with Gasteiger partial charge in [0.1, 0.15) is 0 Å². The van der Waals surface area contributed by atoms with Gasteiger partial charge in [-0.2, -0.15) is 18.4 Å². The highest BCUT2D eigenvalue weighted by Gasteiger charge is 2.35. The molecule has 0 saturated heterocycles. The van der Waals surface area contributed by atoms with Crippen LogP contribution in [0.3, 0.4) is 0 Å². The predicted octanol–water partition coefficient (Wildman–Crippen LogP) is 3.53. The maximum absolute atomic E-state index is 12.5. The Labute approximate surface area is 87.3 Å². The van der Waals surface area contributed by atoms with Crippen LogP contribution >= 0.6 is 15.9 Å². The Morgan fingerprint density at radius 3 is 2.50 bits per heavy atom. The van der Waals surface area contributed by atoms with E-state index < -0.39 is 11.7 Å². The van der Waals surface area contributed by atoms with E-state index in [-0.39, 0.29) is 16.5 Å². The van der Waals surface area contributed by atoms with Gasteiger partial charge in [0.15, 0.2) is 0 Å². The highest BCUT2D eigenvalue weighted by Crippen LogP contribution is 2.37. The first-order valence-corrected chi connectivity index (χ1v) is 4.47. The number of alkyl halides is 3. The first-order valence-electron chi connectivity index (χ1n) is 3.68. The molecule has 0 radical (unpaired) electrons. The first kappa shape index (κ1) is 11.1. The summed E-state index contributed by atoms with van der Waals surface area (Å²) in [5, 5.41) is 8.37. The van der Waals surface area contributed by atoms with Crippen molar-refractivity contribution in [2.75, 3.05) is 0 Å². The largest absolute Gasteiger partial charge is 0.417 e. The van der Waals surface area contributed by atoms with Crippen molar-refractivity contribution in [3.63, 3.8) is 0 Å². The third kappa shape index (κ3) is 2.26. The highest BCUT2D eigenvalue weighted by atomic mass is 79.9. The van der Waals surface area contributed by atoms with E-state index in [1.165, 1.54) is 18.2 Å². The fourth-order valence-corrected chi connectivity index (χ4v) is 1.75. The van der Waals surface area contributed by atoms with Crippen molar-refractivity contribution in [3.05, 3.63) is 33.8 Å². The smallest absolute Gasteiger partial charge is 0.198 e. The first-order chi connectivity index (χ1) is 6.46. The summed E-state index contributed by atoms with van der Waals surface area (Å²) in [6.07, 6.45) is -4.67. The van der Waals surface area contributed by atoms with Gasteiger partial charge in [0, 0.05) is 4.47 Å². The number of nitriles is 1. The molecule has 0 saturated carbocycles. The van der Waals surface area contributed by atoms with Gasteiger partial charge in [0.25, 0.3) is 0 Å². The van der Waals surface area contributed by atoms with Crippen LogP contribution in [0, 0.1) is 11.3 Å². The lowest BCUT2D eigenvalue weighted by molar-refractivity contribution is -0.138. The Morgan fingerprint density at radius 2 is 2.00 bits per heavy atom. The van der Waals surface area contributed by atoms with Gasteiger partial charge in [-0.15, -0.1) is 0 Å². The number of hydrogen-bond donors (Lipinski definition) is 0. The van der Waals surface area contributed by atoms with Crippen molar-refractivity contribution in [2.45, 2.75) is 12.6 Å². The molecule has 1 aromatic carbocycles. The third-order valence-corrected chi connectivity index (χ3v) is 2.31. The molecule has 0 bridgehead atoms. The van der Waals surface area contributed by atoms with Gasteiger partial charge in [0.2, 0.25) is 0 Å². The molecule has 0 amide bonds. The van der Waals surface area contributed by atoms with Gasteiger partial charge < -0.3 is 0 Å². The molecule has 0 heterocycles. The molecule has 0 aliphatic carbocycles. The van der Waals surface area contributed by atoms with Crippen LogP contribution < -0.4 is 0 Å². The number of hydrogen-bond acceptors (Lipinski definition) is 1. The third-order valence-electron chi connectivity index (χ3n) is 1.65. The Morgan fingerprint density at radius 1 is 1.36 bits per heavy atom. The summed E-state index contributed by atoms with van der Waals surface area (Å²) in [5.41, 5.74) is -0.768. The Hall–Kier alpha value is -1.02. The van der Waals surface area contributed by atoms with Gasteiger partial charge in [-0.25, -0.2) is 0 Å². The molecule has 1 aromatic rings. The van der Waals surface area contributed by atoms with Crippen LogP contribution in [-0.4, -0.2) is 0 Å². The fraction of sp³-hybridized carbons (Fsp3) is 0.222. The molecule has 74 valence electrons. The molecule has 0 aromatic heterocycles. The lowest BCUT2D eigenvalue weighted by Gasteiger charge is -2.12. The molecule has 0 atom stereocenters. The van der Waals surface area contributed by atoms with Gasteiger partial charge in [-0.05, 0) is 11.6 Å². The summed E-state index contributed by atoms with van der Waals surface area (Å²) in [6.45, 7) is 0. The zero-order valence-electron chi connectivity index (χ0n) is 6.90. The van der Waals surface area contributed by atoms with E-state index in [0.717, 1.165) is 0 Å². The molecule has 0 aliphatic rings. The van der Waals surface area contributed by atoms with Gasteiger partial charge in [-0.1, -0.05) is 28.1 Å². The summed E-state index contributed by atoms with van der Waals surface area (Å²) < 4.78 is 37.4. The minimum absolute atomic E-state index is 0.00521. The van der Waals surface area contributed by atoms with Gasteiger partial charge >= 0.3 is 6.18 Å². The molecular formula is C9H5BrF3N. The minimum Gasteiger partial charge on any atom is -0.198 e. The van der Waals surface area contributed by atoms with Crippen LogP contribution in [-0.2, 0) is 12.6 Å². The molecule has 0 N–H and O–H groups in total. The van der Waals surface area contributed by atoms with Crippen molar-refractivity contribution < 1.29 is 13.2 Å². The van der Waals surface area contributed by atoms with Crippen molar-refractivity contribution in [3.8, 4) is 6.07 Å². The van der Waals surface area contributed by atoms with E-state index in [1.807, 2.05) is 0 Å². The normalized spacial score (nSPS) is 11.1. The number of nitrogens with zero attached hydrogens (tertiary/aromatic N) is 1. The summed E-state index contributed by atoms with van der Waals surface area (Å²) >= 11 is 2.82. The Bertz CT molecular complexity index is 379. The molecule has 0 spiro atoms. The van der Waals surface area contributed by atoms with E-state index in [9.17, 15) is 13.2 Å². The second-order valence-electron chi connectivity index (χ2n) is 2.61. The number of rotatable bonds is 1. The SMILES string of the molecule is N#CCc1cccc(Br)c1C(F)(F)F. The maximum Gasteiger partial charge on any atom is 0.417 e. The summed E-state index contributed by atoms with van der Waals surface area (Å²) in [4.78, 5) is 0. The van der Waals surface area contributed by atoms with Crippen LogP contribution in [0.2, 0.25) is 0 Å². The molecule has 0 aliphatic heterocycles. The van der Waals surface area contributed by atoms with Gasteiger partial charge in [0.05, 0.1) is 18.1 Å². The average Bonchev–Trinajstić information content (AvgIpc) is 2.02. The van der Waals surface area contributed by atoms with Crippen LogP contribution in [0.5, 0.6) is 0 Å². The second kappa shape index (κ2) is 4.01. The average molecular weight is 264 g/mol. The summed E-state index contributed by atoms with van der Waals surface area (Å²) in [7, 11) is 0. The zero-order valence-corrected chi connectivity index (χ0v) is 8.48. The second-order valence-corrected chi connectivity index (χ2v) is 3.46. The fourth-order valence-electron chi connectivity index (χ4n) is 1.12. The predicted molar refractivity (Wildman–Crippen MR) is 48.5 cm³/mol. The molecule has 14 heavy (non-hydrogen) atoms. The molecule has 5 heteroatoms. The molecule has 0 fully saturated rings. The highest BCUT2D eigenvalue weighted by molar-refractivity contribution is 9.10. The monoisotopic (exact) mass is 263 g/mol. The quantitative estimate of drug-likeness (QED) is 0.761. The lowest BCUT2D eigenvalue weighted by Crippen LogP contribution is -2.09. The minimum atomic E-state index is -4.42. The maximum atomic E-state index is 12.5. The molecular weight excluding hydrogens is 259 g/mol. The van der Waals surface area contributed by atoms with E-state index in [2.05, 4.69) is 15.9 Å². The summed E-state index contributed by atoms with van der Waals surface area (Å²) in [6, 6.07) is 5.79. The Kier molecular flexibility index (Phi) is 3.17. The van der Waals surface area contributed by atoms with Crippen LogP contribution in [0.25, 0.3) is 0 Å². The number of halogens is 4. The van der Waals surface area contributed by atoms with Crippen molar-refractivity contribution in [2.24, 2.45) is 0 Å². The van der Waals surface area contributed by atoms with Crippen molar-refractivity contribution in [1.29, 1.82) is 5.26 Å². The molecule has 1 rings (SSSR count). The number of benzene rings is 1. The summed E-state index contributed by atoms with van der Waals surface area (Å²) in [5.74, 6) is 0. The van der Waals surface area contributed by atoms with Crippen LogP contribution in [0.4, 0.5) is 13.2 Å². The van der Waals surface area contributed by atoms with Gasteiger partial charge in [-0.3, -0.25) is 0 Å². The van der Waals surface area contributed by atoms with E-state index in [4.69, 9.17) is 5.26 Å². The zero-order chi connectivity index (χ0) is 10.8. The standard InChI is InChI=1S/C9H5BrF3N/c10-7-3-1-2-6(4-5-14)8(7)9(11,12)13/h1-3H,4H2. The van der Waals surface area contributed by atoms with E-state index in [1.54, 1.807) is 6.07 Å².